The van der Waals surface area contributed by atoms with Crippen LogP contribution in [-0.2, 0) is 4.79 Å². The highest BCUT2D eigenvalue weighted by Gasteiger charge is 2.08. The summed E-state index contributed by atoms with van der Waals surface area (Å²) in [6.07, 6.45) is 1.14. The number of halogens is 1. The van der Waals surface area contributed by atoms with Gasteiger partial charge in [-0.05, 0) is 47.9 Å². The Morgan fingerprint density at radius 2 is 2.00 bits per heavy atom. The predicted molar refractivity (Wildman–Crippen MR) is 79.7 cm³/mol. The van der Waals surface area contributed by atoms with Crippen molar-refractivity contribution in [3.63, 3.8) is 0 Å². The van der Waals surface area contributed by atoms with Crippen molar-refractivity contribution in [3.05, 3.63) is 59.9 Å². The van der Waals surface area contributed by atoms with E-state index in [2.05, 4.69) is 0 Å². The Labute approximate surface area is 122 Å². The van der Waals surface area contributed by atoms with E-state index in [0.29, 0.717) is 16.9 Å². The predicted octanol–water partition coefficient (Wildman–Crippen LogP) is 3.99. The first-order chi connectivity index (χ1) is 10.0. The highest BCUT2D eigenvalue weighted by molar-refractivity contribution is 5.90. The number of allylic oxidation sites excluding steroid dienone is 1. The SMILES string of the molecule is COc1ccc(F)cc1-c1cccc(/C(C)=C/C(=O)O)c1. The molecule has 0 aliphatic rings. The molecule has 2 rings (SSSR count). The molecule has 0 atom stereocenters. The molecule has 0 aliphatic carbocycles. The van der Waals surface area contributed by atoms with Crippen LogP contribution in [0.2, 0.25) is 0 Å². The van der Waals surface area contributed by atoms with E-state index in [-0.39, 0.29) is 5.82 Å². The Kier molecular flexibility index (Phi) is 4.38. The van der Waals surface area contributed by atoms with Gasteiger partial charge in [0.15, 0.2) is 0 Å². The number of hydrogen-bond acceptors (Lipinski definition) is 2. The summed E-state index contributed by atoms with van der Waals surface area (Å²) >= 11 is 0. The minimum absolute atomic E-state index is 0.353. The van der Waals surface area contributed by atoms with Gasteiger partial charge in [-0.3, -0.25) is 0 Å². The maximum atomic E-state index is 13.5. The fourth-order valence-electron chi connectivity index (χ4n) is 2.11. The lowest BCUT2D eigenvalue weighted by Gasteiger charge is -2.10. The van der Waals surface area contributed by atoms with Gasteiger partial charge in [-0.1, -0.05) is 18.2 Å². The number of methoxy groups -OCH3 is 1. The second-order valence-electron chi connectivity index (χ2n) is 4.59. The van der Waals surface area contributed by atoms with Crippen LogP contribution in [0.5, 0.6) is 5.75 Å². The first kappa shape index (κ1) is 14.8. The van der Waals surface area contributed by atoms with Crippen molar-refractivity contribution in [2.45, 2.75) is 6.92 Å². The number of hydrogen-bond donors (Lipinski definition) is 1. The van der Waals surface area contributed by atoms with Gasteiger partial charge in [-0.2, -0.15) is 0 Å². The van der Waals surface area contributed by atoms with E-state index in [1.165, 1.54) is 19.2 Å². The summed E-state index contributed by atoms with van der Waals surface area (Å²) in [5, 5.41) is 8.80. The highest BCUT2D eigenvalue weighted by Crippen LogP contribution is 2.32. The van der Waals surface area contributed by atoms with E-state index in [9.17, 15) is 9.18 Å². The molecule has 0 radical (unpaired) electrons. The number of carboxylic acid groups (broad SMARTS) is 1. The van der Waals surface area contributed by atoms with Gasteiger partial charge in [0.05, 0.1) is 7.11 Å². The third-order valence-corrected chi connectivity index (χ3v) is 3.13. The van der Waals surface area contributed by atoms with E-state index >= 15 is 0 Å². The average Bonchev–Trinajstić information content (AvgIpc) is 2.46. The highest BCUT2D eigenvalue weighted by atomic mass is 19.1. The van der Waals surface area contributed by atoms with Crippen LogP contribution in [0.1, 0.15) is 12.5 Å². The number of rotatable bonds is 4. The summed E-state index contributed by atoms with van der Waals surface area (Å²) in [5.74, 6) is -0.788. The number of carbonyl (C=O) groups is 1. The van der Waals surface area contributed by atoms with E-state index in [1.807, 2.05) is 18.2 Å². The summed E-state index contributed by atoms with van der Waals surface area (Å²) in [7, 11) is 1.52. The lowest BCUT2D eigenvalue weighted by molar-refractivity contribution is -0.131. The molecule has 3 nitrogen and oxygen atoms in total. The third-order valence-electron chi connectivity index (χ3n) is 3.13. The molecule has 1 N–H and O–H groups in total. The largest absolute Gasteiger partial charge is 0.496 e. The second kappa shape index (κ2) is 6.22. The van der Waals surface area contributed by atoms with Crippen LogP contribution in [0.3, 0.4) is 0 Å². The monoisotopic (exact) mass is 286 g/mol. The van der Waals surface area contributed by atoms with Crippen LogP contribution < -0.4 is 4.74 Å². The van der Waals surface area contributed by atoms with Crippen molar-refractivity contribution < 1.29 is 19.0 Å². The molecule has 108 valence electrons. The molecular weight excluding hydrogens is 271 g/mol. The molecule has 2 aromatic rings. The average molecular weight is 286 g/mol. The van der Waals surface area contributed by atoms with Crippen molar-refractivity contribution in [1.29, 1.82) is 0 Å². The lowest BCUT2D eigenvalue weighted by atomic mass is 9.99. The summed E-state index contributed by atoms with van der Waals surface area (Å²) in [5.41, 5.74) is 2.78. The van der Waals surface area contributed by atoms with Crippen LogP contribution in [-0.4, -0.2) is 18.2 Å². The number of benzene rings is 2. The van der Waals surface area contributed by atoms with Crippen molar-refractivity contribution in [3.8, 4) is 16.9 Å². The minimum Gasteiger partial charge on any atom is -0.496 e. The maximum absolute atomic E-state index is 13.5. The van der Waals surface area contributed by atoms with E-state index in [1.54, 1.807) is 19.1 Å². The zero-order chi connectivity index (χ0) is 15.4. The first-order valence-electron chi connectivity index (χ1n) is 6.37. The molecule has 0 spiro atoms. The molecule has 4 heteroatoms. The van der Waals surface area contributed by atoms with Gasteiger partial charge >= 0.3 is 5.97 Å². The second-order valence-corrected chi connectivity index (χ2v) is 4.59. The van der Waals surface area contributed by atoms with Crippen molar-refractivity contribution in [1.82, 2.24) is 0 Å². The molecule has 0 bridgehead atoms. The lowest BCUT2D eigenvalue weighted by Crippen LogP contribution is -1.92. The molecule has 0 unspecified atom stereocenters. The van der Waals surface area contributed by atoms with Crippen LogP contribution in [0.4, 0.5) is 4.39 Å². The zero-order valence-electron chi connectivity index (χ0n) is 11.8. The maximum Gasteiger partial charge on any atom is 0.328 e. The van der Waals surface area contributed by atoms with Gasteiger partial charge in [0, 0.05) is 11.6 Å². The molecule has 0 aliphatic heterocycles. The first-order valence-corrected chi connectivity index (χ1v) is 6.37. The molecule has 0 heterocycles. The zero-order valence-corrected chi connectivity index (χ0v) is 11.8. The fourth-order valence-corrected chi connectivity index (χ4v) is 2.11. The van der Waals surface area contributed by atoms with E-state index in [0.717, 1.165) is 17.2 Å². The topological polar surface area (TPSA) is 46.5 Å². The smallest absolute Gasteiger partial charge is 0.328 e. The van der Waals surface area contributed by atoms with E-state index < -0.39 is 5.97 Å². The molecule has 0 saturated carbocycles. The van der Waals surface area contributed by atoms with Gasteiger partial charge in [-0.15, -0.1) is 0 Å². The van der Waals surface area contributed by atoms with Crippen molar-refractivity contribution in [2.24, 2.45) is 0 Å². The van der Waals surface area contributed by atoms with Gasteiger partial charge in [0.25, 0.3) is 0 Å². The molecule has 0 aromatic heterocycles. The van der Waals surface area contributed by atoms with Gasteiger partial charge in [-0.25, -0.2) is 9.18 Å². The summed E-state index contributed by atoms with van der Waals surface area (Å²) < 4.78 is 18.7. The minimum atomic E-state index is -0.999. The fraction of sp³-hybridized carbons (Fsp3) is 0.118. The Balaban J connectivity index is 2.52. The van der Waals surface area contributed by atoms with Gasteiger partial charge < -0.3 is 9.84 Å². The van der Waals surface area contributed by atoms with Gasteiger partial charge in [0.2, 0.25) is 0 Å². The van der Waals surface area contributed by atoms with Crippen molar-refractivity contribution >= 4 is 11.5 Å². The van der Waals surface area contributed by atoms with Crippen LogP contribution in [0.25, 0.3) is 16.7 Å². The summed E-state index contributed by atoms with van der Waals surface area (Å²) in [6.45, 7) is 1.72. The normalized spacial score (nSPS) is 11.3. The van der Waals surface area contributed by atoms with Crippen LogP contribution in [0, 0.1) is 5.82 Å². The molecule has 0 amide bonds. The molecular formula is C17H15FO3. The third kappa shape index (κ3) is 3.48. The van der Waals surface area contributed by atoms with E-state index in [4.69, 9.17) is 9.84 Å². The van der Waals surface area contributed by atoms with Gasteiger partial charge in [0.1, 0.15) is 11.6 Å². The number of ether oxygens (including phenoxy) is 1. The Morgan fingerprint density at radius 3 is 2.67 bits per heavy atom. The van der Waals surface area contributed by atoms with Crippen LogP contribution in [0.15, 0.2) is 48.5 Å². The number of carboxylic acids is 1. The Bertz CT molecular complexity index is 705. The summed E-state index contributed by atoms with van der Waals surface area (Å²) in [6, 6.07) is 11.5. The Hall–Kier alpha value is -2.62. The standard InChI is InChI=1S/C17H15FO3/c1-11(8-17(19)20)12-4-3-5-13(9-12)15-10-14(18)6-7-16(15)21-2/h3-10H,1-2H3,(H,19,20)/b11-8+. The summed E-state index contributed by atoms with van der Waals surface area (Å²) in [4.78, 5) is 10.7. The molecule has 2 aromatic carbocycles. The van der Waals surface area contributed by atoms with Crippen LogP contribution >= 0.6 is 0 Å². The molecule has 0 saturated heterocycles. The molecule has 0 fully saturated rings. The molecule has 21 heavy (non-hydrogen) atoms. The Morgan fingerprint density at radius 1 is 1.24 bits per heavy atom. The quantitative estimate of drug-likeness (QED) is 0.864. The van der Waals surface area contributed by atoms with Crippen molar-refractivity contribution in [2.75, 3.05) is 7.11 Å². The number of aliphatic carboxylic acids is 1.